The van der Waals surface area contributed by atoms with E-state index in [-0.39, 0.29) is 11.4 Å². The van der Waals surface area contributed by atoms with Crippen molar-refractivity contribution in [2.24, 2.45) is 11.3 Å². The molecule has 0 bridgehead atoms. The maximum absolute atomic E-state index is 12.3. The molecular formula is C17H35NO2. The number of hydrogen-bond acceptors (Lipinski definition) is 3. The van der Waals surface area contributed by atoms with Crippen LogP contribution in [0.2, 0.25) is 0 Å². The van der Waals surface area contributed by atoms with Crippen LogP contribution in [0.3, 0.4) is 0 Å². The van der Waals surface area contributed by atoms with Gasteiger partial charge in [0, 0.05) is 6.54 Å². The van der Waals surface area contributed by atoms with Crippen LogP contribution in [0.15, 0.2) is 0 Å². The van der Waals surface area contributed by atoms with Crippen LogP contribution in [0, 0.1) is 11.3 Å². The second kappa shape index (κ2) is 10.2. The van der Waals surface area contributed by atoms with Gasteiger partial charge in [-0.05, 0) is 51.6 Å². The predicted octanol–water partition coefficient (Wildman–Crippen LogP) is 4.11. The highest BCUT2D eigenvalue weighted by atomic mass is 16.5. The maximum atomic E-state index is 12.3. The molecule has 0 aliphatic heterocycles. The molecule has 0 aromatic rings. The summed E-state index contributed by atoms with van der Waals surface area (Å²) in [7, 11) is 0. The van der Waals surface area contributed by atoms with E-state index in [0.29, 0.717) is 12.5 Å². The van der Waals surface area contributed by atoms with Gasteiger partial charge in [0.05, 0.1) is 5.41 Å². The molecule has 3 heteroatoms. The average molecular weight is 285 g/mol. The van der Waals surface area contributed by atoms with Crippen LogP contribution in [0.25, 0.3) is 0 Å². The van der Waals surface area contributed by atoms with Crippen LogP contribution in [0.5, 0.6) is 0 Å². The highest BCUT2D eigenvalue weighted by Gasteiger charge is 2.33. The summed E-state index contributed by atoms with van der Waals surface area (Å²) in [5, 5.41) is 0. The number of esters is 1. The van der Waals surface area contributed by atoms with Crippen molar-refractivity contribution in [2.75, 3.05) is 26.2 Å². The number of carbonyl (C=O) groups excluding carboxylic acids is 1. The third-order valence-electron chi connectivity index (χ3n) is 3.85. The van der Waals surface area contributed by atoms with Gasteiger partial charge in [-0.2, -0.15) is 0 Å². The summed E-state index contributed by atoms with van der Waals surface area (Å²) >= 11 is 0. The molecule has 0 N–H and O–H groups in total. The van der Waals surface area contributed by atoms with Crippen LogP contribution < -0.4 is 0 Å². The van der Waals surface area contributed by atoms with Crippen molar-refractivity contribution < 1.29 is 9.53 Å². The summed E-state index contributed by atoms with van der Waals surface area (Å²) in [6.45, 7) is 16.3. The first-order valence-electron chi connectivity index (χ1n) is 8.29. The zero-order valence-corrected chi connectivity index (χ0v) is 14.5. The summed E-state index contributed by atoms with van der Waals surface area (Å²) in [5.74, 6) is 0.492. The molecule has 0 saturated carbocycles. The minimum Gasteiger partial charge on any atom is -0.464 e. The van der Waals surface area contributed by atoms with Gasteiger partial charge < -0.3 is 4.74 Å². The van der Waals surface area contributed by atoms with Gasteiger partial charge in [0.15, 0.2) is 0 Å². The fourth-order valence-corrected chi connectivity index (χ4v) is 2.68. The molecule has 120 valence electrons. The van der Waals surface area contributed by atoms with Crippen molar-refractivity contribution in [1.82, 2.24) is 4.90 Å². The van der Waals surface area contributed by atoms with Gasteiger partial charge in [-0.1, -0.05) is 34.6 Å². The molecular weight excluding hydrogens is 250 g/mol. The van der Waals surface area contributed by atoms with Crippen LogP contribution in [0.4, 0.5) is 0 Å². The van der Waals surface area contributed by atoms with E-state index in [9.17, 15) is 4.79 Å². The third-order valence-corrected chi connectivity index (χ3v) is 3.85. The fraction of sp³-hybridized carbons (Fsp3) is 0.941. The lowest BCUT2D eigenvalue weighted by molar-refractivity contribution is -0.156. The molecule has 0 aromatic carbocycles. The summed E-state index contributed by atoms with van der Waals surface area (Å²) in [5.41, 5.74) is -0.325. The number of ether oxygens (including phenoxy) is 1. The Labute approximate surface area is 126 Å². The average Bonchev–Trinajstić information content (AvgIpc) is 2.38. The first kappa shape index (κ1) is 19.4. The molecule has 0 radical (unpaired) electrons. The monoisotopic (exact) mass is 285 g/mol. The standard InChI is InChI=1S/C17H35NO2/c1-7-10-18(11-8-2)12-13-20-16(19)17(6,9-3)14-15(4)5/h15H,7-14H2,1-6H3. The number of hydrogen-bond donors (Lipinski definition) is 0. The van der Waals surface area contributed by atoms with E-state index >= 15 is 0 Å². The Morgan fingerprint density at radius 3 is 2.05 bits per heavy atom. The van der Waals surface area contributed by atoms with E-state index in [1.807, 2.05) is 6.92 Å². The summed E-state index contributed by atoms with van der Waals surface area (Å²) < 4.78 is 5.54. The third kappa shape index (κ3) is 7.28. The van der Waals surface area contributed by atoms with Crippen LogP contribution in [-0.2, 0) is 9.53 Å². The van der Waals surface area contributed by atoms with Crippen molar-refractivity contribution in [2.45, 2.75) is 67.2 Å². The Balaban J connectivity index is 4.24. The molecule has 0 saturated heterocycles. The molecule has 1 unspecified atom stereocenters. The Morgan fingerprint density at radius 2 is 1.65 bits per heavy atom. The van der Waals surface area contributed by atoms with Gasteiger partial charge >= 0.3 is 5.97 Å². The van der Waals surface area contributed by atoms with Crippen LogP contribution >= 0.6 is 0 Å². The summed E-state index contributed by atoms with van der Waals surface area (Å²) in [4.78, 5) is 14.7. The zero-order chi connectivity index (χ0) is 15.6. The van der Waals surface area contributed by atoms with Gasteiger partial charge in [0.25, 0.3) is 0 Å². The van der Waals surface area contributed by atoms with E-state index < -0.39 is 0 Å². The summed E-state index contributed by atoms with van der Waals surface area (Å²) in [6.07, 6.45) is 4.04. The molecule has 0 fully saturated rings. The molecule has 0 spiro atoms. The number of carbonyl (C=O) groups is 1. The molecule has 1 atom stereocenters. The first-order chi connectivity index (χ1) is 9.39. The Kier molecular flexibility index (Phi) is 9.91. The van der Waals surface area contributed by atoms with E-state index in [4.69, 9.17) is 4.74 Å². The molecule has 0 heterocycles. The van der Waals surface area contributed by atoms with Crippen LogP contribution in [0.1, 0.15) is 67.2 Å². The largest absolute Gasteiger partial charge is 0.464 e. The van der Waals surface area contributed by atoms with Crippen LogP contribution in [-0.4, -0.2) is 37.1 Å². The normalized spacial score (nSPS) is 14.6. The first-order valence-corrected chi connectivity index (χ1v) is 8.29. The molecule has 0 rings (SSSR count). The molecule has 20 heavy (non-hydrogen) atoms. The number of rotatable bonds is 11. The van der Waals surface area contributed by atoms with Gasteiger partial charge in [0.1, 0.15) is 6.61 Å². The minimum atomic E-state index is -0.325. The second-order valence-corrected chi connectivity index (χ2v) is 6.49. The van der Waals surface area contributed by atoms with Crippen molar-refractivity contribution in [3.63, 3.8) is 0 Å². The van der Waals surface area contributed by atoms with E-state index in [1.54, 1.807) is 0 Å². The van der Waals surface area contributed by atoms with Gasteiger partial charge in [-0.3, -0.25) is 9.69 Å². The zero-order valence-electron chi connectivity index (χ0n) is 14.5. The lowest BCUT2D eigenvalue weighted by Gasteiger charge is -2.28. The predicted molar refractivity (Wildman–Crippen MR) is 85.8 cm³/mol. The maximum Gasteiger partial charge on any atom is 0.311 e. The minimum absolute atomic E-state index is 0.0263. The Morgan fingerprint density at radius 1 is 1.10 bits per heavy atom. The van der Waals surface area contributed by atoms with E-state index in [0.717, 1.165) is 45.3 Å². The molecule has 0 aliphatic rings. The highest BCUT2D eigenvalue weighted by molar-refractivity contribution is 5.76. The lowest BCUT2D eigenvalue weighted by atomic mass is 9.80. The number of nitrogens with zero attached hydrogens (tertiary/aromatic N) is 1. The van der Waals surface area contributed by atoms with Crippen molar-refractivity contribution >= 4 is 5.97 Å². The fourth-order valence-electron chi connectivity index (χ4n) is 2.68. The molecule has 0 amide bonds. The van der Waals surface area contributed by atoms with Crippen molar-refractivity contribution in [1.29, 1.82) is 0 Å². The molecule has 0 aromatic heterocycles. The topological polar surface area (TPSA) is 29.5 Å². The van der Waals surface area contributed by atoms with E-state index in [2.05, 4.69) is 39.5 Å². The molecule has 3 nitrogen and oxygen atoms in total. The SMILES string of the molecule is CCCN(CCC)CCOC(=O)C(C)(CC)CC(C)C. The van der Waals surface area contributed by atoms with Gasteiger partial charge in [-0.25, -0.2) is 0 Å². The van der Waals surface area contributed by atoms with Gasteiger partial charge in [0.2, 0.25) is 0 Å². The van der Waals surface area contributed by atoms with Crippen molar-refractivity contribution in [3.8, 4) is 0 Å². The lowest BCUT2D eigenvalue weighted by Crippen LogP contribution is -2.34. The smallest absolute Gasteiger partial charge is 0.311 e. The highest BCUT2D eigenvalue weighted by Crippen LogP contribution is 2.31. The molecule has 0 aliphatic carbocycles. The Bertz CT molecular complexity index is 260. The summed E-state index contributed by atoms with van der Waals surface area (Å²) in [6, 6.07) is 0. The quantitative estimate of drug-likeness (QED) is 0.535. The van der Waals surface area contributed by atoms with E-state index in [1.165, 1.54) is 0 Å². The Hall–Kier alpha value is -0.570. The second-order valence-electron chi connectivity index (χ2n) is 6.49. The van der Waals surface area contributed by atoms with Crippen molar-refractivity contribution in [3.05, 3.63) is 0 Å². The van der Waals surface area contributed by atoms with Gasteiger partial charge in [-0.15, -0.1) is 0 Å².